The van der Waals surface area contributed by atoms with Crippen LogP contribution in [0.25, 0.3) is 0 Å². The van der Waals surface area contributed by atoms with E-state index in [0.29, 0.717) is 0 Å². The molecule has 0 radical (unpaired) electrons. The van der Waals surface area contributed by atoms with E-state index in [-0.39, 0.29) is 12.5 Å². The third-order valence-corrected chi connectivity index (χ3v) is 3.98. The SMILES string of the molecule is CN1CCN(CC(CO)c2ccccc2Cl)CC1. The zero-order chi connectivity index (χ0) is 13.0. The van der Waals surface area contributed by atoms with E-state index < -0.39 is 0 Å². The highest BCUT2D eigenvalue weighted by Gasteiger charge is 2.20. The van der Waals surface area contributed by atoms with Crippen LogP contribution >= 0.6 is 11.6 Å². The minimum absolute atomic E-state index is 0.113. The van der Waals surface area contributed by atoms with Gasteiger partial charge in [-0.3, -0.25) is 0 Å². The first kappa shape index (κ1) is 13.8. The third-order valence-electron chi connectivity index (χ3n) is 3.64. The number of piperazine rings is 1. The number of rotatable bonds is 4. The van der Waals surface area contributed by atoms with E-state index in [9.17, 15) is 5.11 Å². The fraction of sp³-hybridized carbons (Fsp3) is 0.571. The van der Waals surface area contributed by atoms with Crippen molar-refractivity contribution in [3.8, 4) is 0 Å². The first-order valence-electron chi connectivity index (χ1n) is 6.47. The van der Waals surface area contributed by atoms with Crippen LogP contribution in [0.5, 0.6) is 0 Å². The van der Waals surface area contributed by atoms with Gasteiger partial charge in [-0.1, -0.05) is 29.8 Å². The monoisotopic (exact) mass is 268 g/mol. The zero-order valence-corrected chi connectivity index (χ0v) is 11.6. The van der Waals surface area contributed by atoms with E-state index in [4.69, 9.17) is 11.6 Å². The predicted octanol–water partition coefficient (Wildman–Crippen LogP) is 1.66. The zero-order valence-electron chi connectivity index (χ0n) is 10.8. The van der Waals surface area contributed by atoms with Gasteiger partial charge >= 0.3 is 0 Å². The lowest BCUT2D eigenvalue weighted by Crippen LogP contribution is -2.46. The van der Waals surface area contributed by atoms with Gasteiger partial charge in [-0.2, -0.15) is 0 Å². The van der Waals surface area contributed by atoms with Crippen LogP contribution in [0.4, 0.5) is 0 Å². The van der Waals surface area contributed by atoms with E-state index >= 15 is 0 Å². The topological polar surface area (TPSA) is 26.7 Å². The van der Waals surface area contributed by atoms with Gasteiger partial charge in [-0.05, 0) is 18.7 Å². The average Bonchev–Trinajstić information content (AvgIpc) is 2.39. The maximum Gasteiger partial charge on any atom is 0.0512 e. The van der Waals surface area contributed by atoms with Gasteiger partial charge in [0.15, 0.2) is 0 Å². The molecule has 2 rings (SSSR count). The number of likely N-dealkylation sites (N-methyl/N-ethyl adjacent to an activating group) is 1. The van der Waals surface area contributed by atoms with Crippen molar-refractivity contribution < 1.29 is 5.11 Å². The number of halogens is 1. The molecule has 1 fully saturated rings. The number of benzene rings is 1. The van der Waals surface area contributed by atoms with Crippen LogP contribution in [0.15, 0.2) is 24.3 Å². The standard InChI is InChI=1S/C14H21ClN2O/c1-16-6-8-17(9-7-16)10-12(11-18)13-4-2-3-5-14(13)15/h2-5,12,18H,6-11H2,1H3. The van der Waals surface area contributed by atoms with Crippen molar-refractivity contribution in [1.29, 1.82) is 0 Å². The molecule has 0 saturated carbocycles. The Morgan fingerprint density at radius 2 is 1.89 bits per heavy atom. The van der Waals surface area contributed by atoms with Gasteiger partial charge < -0.3 is 14.9 Å². The highest BCUT2D eigenvalue weighted by atomic mass is 35.5. The van der Waals surface area contributed by atoms with Crippen LogP contribution in [0, 0.1) is 0 Å². The Hall–Kier alpha value is -0.610. The highest BCUT2D eigenvalue weighted by molar-refractivity contribution is 6.31. The van der Waals surface area contributed by atoms with Gasteiger partial charge in [0.05, 0.1) is 6.61 Å². The Morgan fingerprint density at radius 1 is 1.22 bits per heavy atom. The first-order valence-corrected chi connectivity index (χ1v) is 6.84. The molecular weight excluding hydrogens is 248 g/mol. The van der Waals surface area contributed by atoms with Crippen LogP contribution in [0.2, 0.25) is 5.02 Å². The molecule has 0 amide bonds. The smallest absolute Gasteiger partial charge is 0.0512 e. The van der Waals surface area contributed by atoms with Crippen LogP contribution in [0.1, 0.15) is 11.5 Å². The maximum absolute atomic E-state index is 9.59. The van der Waals surface area contributed by atoms with Crippen LogP contribution in [-0.4, -0.2) is 61.3 Å². The van der Waals surface area contributed by atoms with Crippen molar-refractivity contribution in [3.63, 3.8) is 0 Å². The summed E-state index contributed by atoms with van der Waals surface area (Å²) in [5, 5.41) is 10.3. The normalized spacial score (nSPS) is 19.9. The predicted molar refractivity (Wildman–Crippen MR) is 75.2 cm³/mol. The summed E-state index contributed by atoms with van der Waals surface area (Å²) in [5.41, 5.74) is 1.06. The summed E-state index contributed by atoms with van der Waals surface area (Å²) in [6.45, 7) is 5.36. The Morgan fingerprint density at radius 3 is 2.50 bits per heavy atom. The van der Waals surface area contributed by atoms with Crippen molar-refractivity contribution in [2.75, 3.05) is 46.4 Å². The van der Waals surface area contributed by atoms with E-state index in [0.717, 1.165) is 43.3 Å². The van der Waals surface area contributed by atoms with E-state index in [2.05, 4.69) is 16.8 Å². The van der Waals surface area contributed by atoms with E-state index in [1.54, 1.807) is 0 Å². The molecule has 100 valence electrons. The molecule has 1 aromatic carbocycles. The number of aliphatic hydroxyl groups excluding tert-OH is 1. The lowest BCUT2D eigenvalue weighted by molar-refractivity contribution is 0.133. The summed E-state index contributed by atoms with van der Waals surface area (Å²) >= 11 is 6.20. The van der Waals surface area contributed by atoms with Crippen molar-refractivity contribution in [2.45, 2.75) is 5.92 Å². The molecule has 4 heteroatoms. The fourth-order valence-corrected chi connectivity index (χ4v) is 2.69. The second-order valence-electron chi connectivity index (χ2n) is 5.00. The minimum Gasteiger partial charge on any atom is -0.396 e. The van der Waals surface area contributed by atoms with Crippen molar-refractivity contribution in [2.24, 2.45) is 0 Å². The largest absolute Gasteiger partial charge is 0.396 e. The Labute approximate surface area is 114 Å². The molecule has 1 unspecified atom stereocenters. The Bertz CT molecular complexity index is 378. The molecular formula is C14H21ClN2O. The number of aliphatic hydroxyl groups is 1. The lowest BCUT2D eigenvalue weighted by Gasteiger charge is -2.34. The highest BCUT2D eigenvalue weighted by Crippen LogP contribution is 2.25. The second-order valence-corrected chi connectivity index (χ2v) is 5.41. The molecule has 1 N–H and O–H groups in total. The molecule has 1 saturated heterocycles. The van der Waals surface area contributed by atoms with Gasteiger partial charge in [0, 0.05) is 43.7 Å². The molecule has 18 heavy (non-hydrogen) atoms. The molecule has 3 nitrogen and oxygen atoms in total. The summed E-state index contributed by atoms with van der Waals surface area (Å²) in [6.07, 6.45) is 0. The summed E-state index contributed by atoms with van der Waals surface area (Å²) in [4.78, 5) is 4.74. The molecule has 0 spiro atoms. The first-order chi connectivity index (χ1) is 8.70. The number of hydrogen-bond donors (Lipinski definition) is 1. The molecule has 1 heterocycles. The van der Waals surface area contributed by atoms with Crippen LogP contribution in [-0.2, 0) is 0 Å². The molecule has 1 aromatic rings. The molecule has 0 aromatic heterocycles. The van der Waals surface area contributed by atoms with Gasteiger partial charge in [0.25, 0.3) is 0 Å². The van der Waals surface area contributed by atoms with E-state index in [1.165, 1.54) is 0 Å². The average molecular weight is 269 g/mol. The summed E-state index contributed by atoms with van der Waals surface area (Å²) in [5.74, 6) is 0.113. The minimum atomic E-state index is 0.113. The second kappa shape index (κ2) is 6.53. The summed E-state index contributed by atoms with van der Waals surface area (Å²) < 4.78 is 0. The van der Waals surface area contributed by atoms with Crippen molar-refractivity contribution in [3.05, 3.63) is 34.9 Å². The van der Waals surface area contributed by atoms with Gasteiger partial charge in [0.1, 0.15) is 0 Å². The fourth-order valence-electron chi connectivity index (χ4n) is 2.40. The van der Waals surface area contributed by atoms with Crippen LogP contribution in [0.3, 0.4) is 0 Å². The molecule has 0 bridgehead atoms. The van der Waals surface area contributed by atoms with Gasteiger partial charge in [0.2, 0.25) is 0 Å². The number of nitrogens with zero attached hydrogens (tertiary/aromatic N) is 2. The lowest BCUT2D eigenvalue weighted by atomic mass is 9.99. The Kier molecular flexibility index (Phi) is 5.01. The molecule has 1 atom stereocenters. The number of hydrogen-bond acceptors (Lipinski definition) is 3. The van der Waals surface area contributed by atoms with Gasteiger partial charge in [-0.15, -0.1) is 0 Å². The quantitative estimate of drug-likeness (QED) is 0.900. The molecule has 1 aliphatic rings. The third kappa shape index (κ3) is 3.45. The van der Waals surface area contributed by atoms with Crippen LogP contribution < -0.4 is 0 Å². The van der Waals surface area contributed by atoms with Gasteiger partial charge in [-0.25, -0.2) is 0 Å². The van der Waals surface area contributed by atoms with Crippen molar-refractivity contribution >= 4 is 11.6 Å². The van der Waals surface area contributed by atoms with E-state index in [1.807, 2.05) is 24.3 Å². The molecule has 0 aliphatic carbocycles. The van der Waals surface area contributed by atoms with Crippen molar-refractivity contribution in [1.82, 2.24) is 9.80 Å². The summed E-state index contributed by atoms with van der Waals surface area (Å²) in [6, 6.07) is 7.81. The Balaban J connectivity index is 1.99. The molecule has 1 aliphatic heterocycles. The maximum atomic E-state index is 9.59. The summed E-state index contributed by atoms with van der Waals surface area (Å²) in [7, 11) is 2.15.